The first-order chi connectivity index (χ1) is 7.47. The molecule has 1 rings (SSSR count). The number of amides is 1. The highest BCUT2D eigenvalue weighted by molar-refractivity contribution is 5.94. The van der Waals surface area contributed by atoms with Crippen molar-refractivity contribution >= 4 is 11.6 Å². The van der Waals surface area contributed by atoms with E-state index in [1.165, 1.54) is 6.92 Å². The molecule has 1 amide bonds. The van der Waals surface area contributed by atoms with Crippen molar-refractivity contribution in [3.8, 4) is 5.75 Å². The highest BCUT2D eigenvalue weighted by Crippen LogP contribution is 2.27. The molecule has 1 unspecified atom stereocenters. The molecule has 0 radical (unpaired) electrons. The van der Waals surface area contributed by atoms with E-state index < -0.39 is 12.0 Å². The first-order valence-electron chi connectivity index (χ1n) is 5.10. The van der Waals surface area contributed by atoms with Crippen LogP contribution in [0, 0.1) is 13.8 Å². The molecule has 1 atom stereocenters. The van der Waals surface area contributed by atoms with E-state index in [1.807, 2.05) is 13.8 Å². The number of hydrogen-bond donors (Lipinski definition) is 2. The van der Waals surface area contributed by atoms with Gasteiger partial charge in [-0.2, -0.15) is 0 Å². The second-order valence-corrected chi connectivity index (χ2v) is 3.73. The standard InChI is InChI=1S/C12H17NO3/c1-7-8(2)11(16-4)6-5-10(7)13-12(15)9(3)14/h5-6,9,14H,1-4H3,(H,13,15). The Balaban J connectivity index is 2.99. The topological polar surface area (TPSA) is 58.6 Å². The summed E-state index contributed by atoms with van der Waals surface area (Å²) >= 11 is 0. The van der Waals surface area contributed by atoms with E-state index in [4.69, 9.17) is 9.84 Å². The number of methoxy groups -OCH3 is 1. The summed E-state index contributed by atoms with van der Waals surface area (Å²) in [6.45, 7) is 5.25. The lowest BCUT2D eigenvalue weighted by Crippen LogP contribution is -2.24. The summed E-state index contributed by atoms with van der Waals surface area (Å²) in [6.07, 6.45) is -1.01. The number of carbonyl (C=O) groups excluding carboxylic acids is 1. The molecule has 88 valence electrons. The second kappa shape index (κ2) is 4.99. The molecule has 0 saturated carbocycles. The average molecular weight is 223 g/mol. The van der Waals surface area contributed by atoms with Gasteiger partial charge in [0.25, 0.3) is 5.91 Å². The van der Waals surface area contributed by atoms with Crippen molar-refractivity contribution in [2.24, 2.45) is 0 Å². The third-order valence-corrected chi connectivity index (χ3v) is 2.59. The van der Waals surface area contributed by atoms with E-state index in [0.29, 0.717) is 5.69 Å². The molecule has 0 aliphatic carbocycles. The molecule has 1 aromatic carbocycles. The van der Waals surface area contributed by atoms with Crippen molar-refractivity contribution in [1.82, 2.24) is 0 Å². The zero-order valence-electron chi connectivity index (χ0n) is 10.00. The monoisotopic (exact) mass is 223 g/mol. The molecule has 0 fully saturated rings. The summed E-state index contributed by atoms with van der Waals surface area (Å²) in [7, 11) is 1.61. The van der Waals surface area contributed by atoms with Crippen molar-refractivity contribution in [2.75, 3.05) is 12.4 Å². The largest absolute Gasteiger partial charge is 0.496 e. The van der Waals surface area contributed by atoms with Crippen molar-refractivity contribution in [1.29, 1.82) is 0 Å². The number of carbonyl (C=O) groups is 1. The summed E-state index contributed by atoms with van der Waals surface area (Å²) in [5.41, 5.74) is 2.61. The third-order valence-electron chi connectivity index (χ3n) is 2.59. The zero-order valence-corrected chi connectivity index (χ0v) is 10.00. The van der Waals surface area contributed by atoms with Crippen LogP contribution in [0.4, 0.5) is 5.69 Å². The molecule has 0 aliphatic rings. The minimum atomic E-state index is -1.01. The highest BCUT2D eigenvalue weighted by Gasteiger charge is 2.12. The molecule has 0 aliphatic heterocycles. The number of ether oxygens (including phenoxy) is 1. The van der Waals surface area contributed by atoms with E-state index >= 15 is 0 Å². The van der Waals surface area contributed by atoms with Gasteiger partial charge in [-0.15, -0.1) is 0 Å². The predicted molar refractivity (Wildman–Crippen MR) is 62.8 cm³/mol. The van der Waals surface area contributed by atoms with Crippen molar-refractivity contribution in [2.45, 2.75) is 26.9 Å². The van der Waals surface area contributed by atoms with Gasteiger partial charge in [-0.1, -0.05) is 0 Å². The van der Waals surface area contributed by atoms with Crippen molar-refractivity contribution in [3.63, 3.8) is 0 Å². The normalized spacial score (nSPS) is 12.1. The van der Waals surface area contributed by atoms with Gasteiger partial charge in [-0.25, -0.2) is 0 Å². The fourth-order valence-electron chi connectivity index (χ4n) is 1.39. The Morgan fingerprint density at radius 1 is 1.38 bits per heavy atom. The maximum absolute atomic E-state index is 11.3. The van der Waals surface area contributed by atoms with Crippen LogP contribution in [0.5, 0.6) is 5.75 Å². The van der Waals surface area contributed by atoms with Gasteiger partial charge in [-0.05, 0) is 44.0 Å². The Kier molecular flexibility index (Phi) is 3.90. The fraction of sp³-hybridized carbons (Fsp3) is 0.417. The van der Waals surface area contributed by atoms with Crippen LogP contribution in [-0.4, -0.2) is 24.2 Å². The van der Waals surface area contributed by atoms with Crippen LogP contribution in [0.3, 0.4) is 0 Å². The Hall–Kier alpha value is -1.55. The number of hydrogen-bond acceptors (Lipinski definition) is 3. The molecule has 4 nitrogen and oxygen atoms in total. The molecule has 0 heterocycles. The Labute approximate surface area is 95.2 Å². The SMILES string of the molecule is COc1ccc(NC(=O)C(C)O)c(C)c1C. The number of aliphatic hydroxyl groups is 1. The number of benzene rings is 1. The van der Waals surface area contributed by atoms with E-state index in [1.54, 1.807) is 19.2 Å². The predicted octanol–water partition coefficient (Wildman–Crippen LogP) is 1.63. The molecule has 1 aromatic rings. The van der Waals surface area contributed by atoms with Gasteiger partial charge >= 0.3 is 0 Å². The summed E-state index contributed by atoms with van der Waals surface area (Å²) in [6, 6.07) is 3.56. The maximum Gasteiger partial charge on any atom is 0.252 e. The van der Waals surface area contributed by atoms with Gasteiger partial charge in [0.1, 0.15) is 11.9 Å². The maximum atomic E-state index is 11.3. The van der Waals surface area contributed by atoms with E-state index in [0.717, 1.165) is 16.9 Å². The molecule has 0 aromatic heterocycles. The lowest BCUT2D eigenvalue weighted by atomic mass is 10.1. The average Bonchev–Trinajstić information content (AvgIpc) is 2.25. The molecule has 4 heteroatoms. The summed E-state index contributed by atoms with van der Waals surface area (Å²) in [4.78, 5) is 11.3. The van der Waals surface area contributed by atoms with E-state index in [-0.39, 0.29) is 0 Å². The quantitative estimate of drug-likeness (QED) is 0.818. The van der Waals surface area contributed by atoms with Gasteiger partial charge in [0.15, 0.2) is 0 Å². The highest BCUT2D eigenvalue weighted by atomic mass is 16.5. The zero-order chi connectivity index (χ0) is 12.3. The molecular formula is C12H17NO3. The third kappa shape index (κ3) is 2.52. The first kappa shape index (κ1) is 12.5. The minimum Gasteiger partial charge on any atom is -0.496 e. The van der Waals surface area contributed by atoms with Gasteiger partial charge in [0.2, 0.25) is 0 Å². The number of aliphatic hydroxyl groups excluding tert-OH is 1. The number of anilines is 1. The molecule has 2 N–H and O–H groups in total. The summed E-state index contributed by atoms with van der Waals surface area (Å²) < 4.78 is 5.17. The molecule has 0 spiro atoms. The first-order valence-corrected chi connectivity index (χ1v) is 5.10. The fourth-order valence-corrected chi connectivity index (χ4v) is 1.39. The van der Waals surface area contributed by atoms with Crippen LogP contribution >= 0.6 is 0 Å². The van der Waals surface area contributed by atoms with Crippen LogP contribution in [0.1, 0.15) is 18.1 Å². The van der Waals surface area contributed by atoms with Gasteiger partial charge in [-0.3, -0.25) is 4.79 Å². The minimum absolute atomic E-state index is 0.410. The Bertz CT molecular complexity index is 399. The van der Waals surface area contributed by atoms with Gasteiger partial charge in [0, 0.05) is 5.69 Å². The Morgan fingerprint density at radius 3 is 2.50 bits per heavy atom. The molecule has 16 heavy (non-hydrogen) atoms. The van der Waals surface area contributed by atoms with E-state index in [9.17, 15) is 4.79 Å². The van der Waals surface area contributed by atoms with Crippen LogP contribution in [0.25, 0.3) is 0 Å². The van der Waals surface area contributed by atoms with Crippen LogP contribution in [0.15, 0.2) is 12.1 Å². The lowest BCUT2D eigenvalue weighted by molar-refractivity contribution is -0.123. The van der Waals surface area contributed by atoms with Gasteiger partial charge < -0.3 is 15.2 Å². The lowest BCUT2D eigenvalue weighted by Gasteiger charge is -2.14. The summed E-state index contributed by atoms with van der Waals surface area (Å²) in [5.74, 6) is 0.375. The van der Waals surface area contributed by atoms with Crippen molar-refractivity contribution < 1.29 is 14.6 Å². The van der Waals surface area contributed by atoms with Crippen LogP contribution in [-0.2, 0) is 4.79 Å². The molecular weight excluding hydrogens is 206 g/mol. The molecule has 0 saturated heterocycles. The summed E-state index contributed by atoms with van der Waals surface area (Å²) in [5, 5.41) is 11.8. The number of nitrogens with one attached hydrogen (secondary N) is 1. The number of rotatable bonds is 3. The second-order valence-electron chi connectivity index (χ2n) is 3.73. The van der Waals surface area contributed by atoms with Gasteiger partial charge in [0.05, 0.1) is 7.11 Å². The Morgan fingerprint density at radius 2 is 2.00 bits per heavy atom. The van der Waals surface area contributed by atoms with Crippen LogP contribution in [0.2, 0.25) is 0 Å². The van der Waals surface area contributed by atoms with Crippen LogP contribution < -0.4 is 10.1 Å². The van der Waals surface area contributed by atoms with E-state index in [2.05, 4.69) is 5.32 Å². The smallest absolute Gasteiger partial charge is 0.252 e. The molecule has 0 bridgehead atoms. The van der Waals surface area contributed by atoms with Crippen molar-refractivity contribution in [3.05, 3.63) is 23.3 Å².